The van der Waals surface area contributed by atoms with Crippen LogP contribution in [0.25, 0.3) is 0 Å². The SMILES string of the molecule is CC(Nc1ncnc(N)c1Cl)c1nncn1C. The summed E-state index contributed by atoms with van der Waals surface area (Å²) in [6, 6.07) is -0.0886. The molecule has 0 radical (unpaired) electrons. The van der Waals surface area contributed by atoms with Gasteiger partial charge in [0.1, 0.15) is 23.5 Å². The van der Waals surface area contributed by atoms with E-state index in [1.165, 1.54) is 6.33 Å². The lowest BCUT2D eigenvalue weighted by molar-refractivity contribution is 0.716. The van der Waals surface area contributed by atoms with Crippen molar-refractivity contribution in [1.29, 1.82) is 0 Å². The van der Waals surface area contributed by atoms with Crippen LogP contribution in [0.2, 0.25) is 5.02 Å². The van der Waals surface area contributed by atoms with Crippen molar-refractivity contribution in [2.45, 2.75) is 13.0 Å². The van der Waals surface area contributed by atoms with Crippen LogP contribution in [-0.4, -0.2) is 24.7 Å². The van der Waals surface area contributed by atoms with Crippen LogP contribution in [0.15, 0.2) is 12.7 Å². The highest BCUT2D eigenvalue weighted by Crippen LogP contribution is 2.26. The van der Waals surface area contributed by atoms with Crippen LogP contribution in [0.3, 0.4) is 0 Å². The molecule has 17 heavy (non-hydrogen) atoms. The van der Waals surface area contributed by atoms with Gasteiger partial charge in [-0.2, -0.15) is 0 Å². The van der Waals surface area contributed by atoms with Gasteiger partial charge in [-0.3, -0.25) is 0 Å². The molecule has 0 aliphatic heterocycles. The molecule has 0 bridgehead atoms. The summed E-state index contributed by atoms with van der Waals surface area (Å²) in [7, 11) is 1.86. The quantitative estimate of drug-likeness (QED) is 0.848. The average Bonchev–Trinajstić information content (AvgIpc) is 2.71. The normalized spacial score (nSPS) is 12.4. The number of aromatic nitrogens is 5. The second-order valence-electron chi connectivity index (χ2n) is 3.59. The first-order chi connectivity index (χ1) is 8.09. The monoisotopic (exact) mass is 253 g/mol. The second-order valence-corrected chi connectivity index (χ2v) is 3.97. The zero-order chi connectivity index (χ0) is 12.4. The van der Waals surface area contributed by atoms with E-state index in [1.807, 2.05) is 18.5 Å². The van der Waals surface area contributed by atoms with E-state index in [-0.39, 0.29) is 11.9 Å². The summed E-state index contributed by atoms with van der Waals surface area (Å²) >= 11 is 5.98. The Bertz CT molecular complexity index is 524. The number of hydrogen-bond acceptors (Lipinski definition) is 6. The molecule has 2 heterocycles. The molecule has 0 saturated carbocycles. The molecule has 0 aliphatic rings. The van der Waals surface area contributed by atoms with Gasteiger partial charge in [0.05, 0.1) is 6.04 Å². The smallest absolute Gasteiger partial charge is 0.154 e. The van der Waals surface area contributed by atoms with Crippen molar-refractivity contribution >= 4 is 23.2 Å². The molecule has 0 aromatic carbocycles. The van der Waals surface area contributed by atoms with Gasteiger partial charge in [-0.1, -0.05) is 11.6 Å². The third-order valence-corrected chi connectivity index (χ3v) is 2.68. The summed E-state index contributed by atoms with van der Waals surface area (Å²) in [5.74, 6) is 1.50. The van der Waals surface area contributed by atoms with E-state index >= 15 is 0 Å². The molecule has 2 rings (SSSR count). The van der Waals surface area contributed by atoms with Gasteiger partial charge in [-0.15, -0.1) is 10.2 Å². The molecule has 3 N–H and O–H groups in total. The van der Waals surface area contributed by atoms with Crippen molar-refractivity contribution in [3.63, 3.8) is 0 Å². The van der Waals surface area contributed by atoms with Crippen LogP contribution in [0.4, 0.5) is 11.6 Å². The van der Waals surface area contributed by atoms with Gasteiger partial charge in [0.2, 0.25) is 0 Å². The lowest BCUT2D eigenvalue weighted by atomic mass is 10.3. The van der Waals surface area contributed by atoms with Crippen LogP contribution >= 0.6 is 11.6 Å². The highest BCUT2D eigenvalue weighted by molar-refractivity contribution is 6.35. The maximum atomic E-state index is 5.98. The number of nitrogens with zero attached hydrogens (tertiary/aromatic N) is 5. The number of hydrogen-bond donors (Lipinski definition) is 2. The summed E-state index contributed by atoms with van der Waals surface area (Å²) in [4.78, 5) is 7.82. The first-order valence-corrected chi connectivity index (χ1v) is 5.33. The van der Waals surface area contributed by atoms with Gasteiger partial charge in [-0.05, 0) is 6.92 Å². The predicted octanol–water partition coefficient (Wildman–Crippen LogP) is 1.01. The van der Waals surface area contributed by atoms with Crippen LogP contribution in [0, 0.1) is 0 Å². The number of rotatable bonds is 3. The van der Waals surface area contributed by atoms with Gasteiger partial charge in [0, 0.05) is 7.05 Å². The zero-order valence-corrected chi connectivity index (χ0v) is 10.2. The van der Waals surface area contributed by atoms with Gasteiger partial charge < -0.3 is 15.6 Å². The molecule has 90 valence electrons. The van der Waals surface area contributed by atoms with Gasteiger partial charge in [0.15, 0.2) is 11.6 Å². The van der Waals surface area contributed by atoms with E-state index in [0.29, 0.717) is 10.8 Å². The molecule has 0 aliphatic carbocycles. The lowest BCUT2D eigenvalue weighted by Crippen LogP contribution is -2.13. The zero-order valence-electron chi connectivity index (χ0n) is 9.42. The Morgan fingerprint density at radius 2 is 2.24 bits per heavy atom. The Balaban J connectivity index is 2.22. The number of aryl methyl sites for hydroxylation is 1. The lowest BCUT2D eigenvalue weighted by Gasteiger charge is -2.14. The summed E-state index contributed by atoms with van der Waals surface area (Å²) < 4.78 is 1.82. The fraction of sp³-hybridized carbons (Fsp3) is 0.333. The largest absolute Gasteiger partial charge is 0.382 e. The molecule has 8 heteroatoms. The van der Waals surface area contributed by atoms with Crippen molar-refractivity contribution in [2.24, 2.45) is 7.05 Å². The van der Waals surface area contributed by atoms with Crippen LogP contribution in [-0.2, 0) is 7.05 Å². The molecule has 0 amide bonds. The van der Waals surface area contributed by atoms with Crippen molar-refractivity contribution in [3.8, 4) is 0 Å². The van der Waals surface area contributed by atoms with Crippen molar-refractivity contribution < 1.29 is 0 Å². The maximum Gasteiger partial charge on any atom is 0.154 e. The van der Waals surface area contributed by atoms with E-state index in [4.69, 9.17) is 17.3 Å². The molecule has 7 nitrogen and oxygen atoms in total. The van der Waals surface area contributed by atoms with Gasteiger partial charge in [-0.25, -0.2) is 9.97 Å². The number of anilines is 2. The van der Waals surface area contributed by atoms with Crippen molar-refractivity contribution in [3.05, 3.63) is 23.5 Å². The summed E-state index contributed by atoms with van der Waals surface area (Å²) in [6.07, 6.45) is 2.98. The van der Waals surface area contributed by atoms with E-state index in [1.54, 1.807) is 6.33 Å². The number of nitrogens with two attached hydrogens (primary N) is 1. The van der Waals surface area contributed by atoms with Crippen LogP contribution in [0.5, 0.6) is 0 Å². The maximum absolute atomic E-state index is 5.98. The first kappa shape index (κ1) is 11.6. The third kappa shape index (κ3) is 2.28. The minimum Gasteiger partial charge on any atom is -0.382 e. The molecule has 1 atom stereocenters. The van der Waals surface area contributed by atoms with E-state index in [0.717, 1.165) is 5.82 Å². The summed E-state index contributed by atoms with van der Waals surface area (Å²) in [5, 5.41) is 11.2. The van der Waals surface area contributed by atoms with Gasteiger partial charge >= 0.3 is 0 Å². The van der Waals surface area contributed by atoms with Crippen LogP contribution in [0.1, 0.15) is 18.8 Å². The van der Waals surface area contributed by atoms with Gasteiger partial charge in [0.25, 0.3) is 0 Å². The summed E-state index contributed by atoms with van der Waals surface area (Å²) in [6.45, 7) is 1.93. The molecule has 0 spiro atoms. The molecule has 1 unspecified atom stereocenters. The van der Waals surface area contributed by atoms with Crippen molar-refractivity contribution in [2.75, 3.05) is 11.1 Å². The third-order valence-electron chi connectivity index (χ3n) is 2.30. The standard InChI is InChI=1S/C9H12ClN7/c1-5(9-16-14-4-17(9)2)15-8-6(10)7(11)12-3-13-8/h3-5H,1-2H3,(H3,11,12,13,15). The van der Waals surface area contributed by atoms with E-state index < -0.39 is 0 Å². The van der Waals surface area contributed by atoms with Crippen LogP contribution < -0.4 is 11.1 Å². The highest BCUT2D eigenvalue weighted by Gasteiger charge is 2.14. The molecule has 2 aromatic rings. The number of nitrogen functional groups attached to an aromatic ring is 1. The van der Waals surface area contributed by atoms with E-state index in [9.17, 15) is 0 Å². The average molecular weight is 254 g/mol. The van der Waals surface area contributed by atoms with Crippen molar-refractivity contribution in [1.82, 2.24) is 24.7 Å². The number of halogens is 1. The second kappa shape index (κ2) is 4.54. The molecular formula is C9H12ClN7. The fourth-order valence-electron chi connectivity index (χ4n) is 1.44. The molecule has 0 fully saturated rings. The Morgan fingerprint density at radius 1 is 1.47 bits per heavy atom. The first-order valence-electron chi connectivity index (χ1n) is 4.96. The Kier molecular flexibility index (Phi) is 3.10. The fourth-order valence-corrected chi connectivity index (χ4v) is 1.59. The minimum absolute atomic E-state index is 0.0886. The summed E-state index contributed by atoms with van der Waals surface area (Å²) in [5.41, 5.74) is 5.59. The molecular weight excluding hydrogens is 242 g/mol. The Labute approximate surface area is 103 Å². The topological polar surface area (TPSA) is 94.5 Å². The Morgan fingerprint density at radius 3 is 2.88 bits per heavy atom. The predicted molar refractivity (Wildman–Crippen MR) is 64.5 cm³/mol. The Hall–Kier alpha value is -1.89. The molecule has 0 saturated heterocycles. The molecule has 2 aromatic heterocycles. The number of nitrogens with one attached hydrogen (secondary N) is 1. The minimum atomic E-state index is -0.0886. The van der Waals surface area contributed by atoms with E-state index in [2.05, 4.69) is 25.5 Å². The highest BCUT2D eigenvalue weighted by atomic mass is 35.5.